The van der Waals surface area contributed by atoms with Gasteiger partial charge in [-0.15, -0.1) is 11.3 Å². The number of hydrogen-bond acceptors (Lipinski definition) is 3. The molecule has 0 atom stereocenters. The number of pyridine rings is 1. The number of thiophene rings is 1. The molecule has 1 amide bonds. The third-order valence-corrected chi connectivity index (χ3v) is 4.87. The average molecular weight is 340 g/mol. The summed E-state index contributed by atoms with van der Waals surface area (Å²) in [5.74, 6) is -0.206. The van der Waals surface area contributed by atoms with E-state index in [1.54, 1.807) is 15.9 Å². The number of nitrogens with one attached hydrogen (secondary N) is 1. The minimum Gasteiger partial charge on any atom is -0.346 e. The van der Waals surface area contributed by atoms with E-state index in [1.165, 1.54) is 0 Å². The van der Waals surface area contributed by atoms with Gasteiger partial charge >= 0.3 is 0 Å². The van der Waals surface area contributed by atoms with Gasteiger partial charge in [-0.2, -0.15) is 0 Å². The molecular formula is C19H20N2O2S. The summed E-state index contributed by atoms with van der Waals surface area (Å²) < 4.78 is 1.61. The van der Waals surface area contributed by atoms with E-state index >= 15 is 0 Å². The summed E-state index contributed by atoms with van der Waals surface area (Å²) in [5, 5.41) is 6.36. The lowest BCUT2D eigenvalue weighted by atomic mass is 10.1. The topological polar surface area (TPSA) is 51.1 Å². The number of carbonyl (C=O) groups excluding carboxylic acids is 1. The molecule has 0 aliphatic heterocycles. The van der Waals surface area contributed by atoms with Crippen molar-refractivity contribution in [2.45, 2.75) is 32.9 Å². The zero-order valence-corrected chi connectivity index (χ0v) is 14.4. The van der Waals surface area contributed by atoms with Crippen LogP contribution in [-0.2, 0) is 13.1 Å². The highest BCUT2D eigenvalue weighted by Crippen LogP contribution is 2.14. The van der Waals surface area contributed by atoms with Crippen molar-refractivity contribution in [3.8, 4) is 0 Å². The molecule has 3 rings (SSSR count). The Balaban J connectivity index is 1.97. The Labute approximate surface area is 144 Å². The molecule has 0 saturated carbocycles. The Kier molecular flexibility index (Phi) is 5.11. The van der Waals surface area contributed by atoms with Crippen LogP contribution in [0.1, 0.15) is 35.1 Å². The van der Waals surface area contributed by atoms with Gasteiger partial charge in [0.1, 0.15) is 5.69 Å². The number of hydrogen-bond donors (Lipinski definition) is 1. The van der Waals surface area contributed by atoms with Crippen molar-refractivity contribution < 1.29 is 4.79 Å². The van der Waals surface area contributed by atoms with Crippen LogP contribution in [-0.4, -0.2) is 10.5 Å². The smallest absolute Gasteiger partial charge is 0.268 e. The first kappa shape index (κ1) is 16.5. The maximum absolute atomic E-state index is 12.8. The lowest BCUT2D eigenvalue weighted by Crippen LogP contribution is -2.32. The van der Waals surface area contributed by atoms with Gasteiger partial charge in [-0.25, -0.2) is 0 Å². The van der Waals surface area contributed by atoms with Crippen LogP contribution >= 0.6 is 11.3 Å². The zero-order chi connectivity index (χ0) is 16.9. The van der Waals surface area contributed by atoms with Gasteiger partial charge in [0.25, 0.3) is 11.5 Å². The van der Waals surface area contributed by atoms with Crippen molar-refractivity contribution in [2.75, 3.05) is 0 Å². The minimum absolute atomic E-state index is 0.0946. The highest BCUT2D eigenvalue weighted by molar-refractivity contribution is 7.09. The van der Waals surface area contributed by atoms with Gasteiger partial charge in [-0.1, -0.05) is 37.6 Å². The van der Waals surface area contributed by atoms with Crippen molar-refractivity contribution in [1.82, 2.24) is 9.88 Å². The molecule has 0 aliphatic carbocycles. The van der Waals surface area contributed by atoms with Crippen LogP contribution in [0, 0.1) is 0 Å². The number of rotatable bonds is 6. The second-order valence-corrected chi connectivity index (χ2v) is 6.72. The zero-order valence-electron chi connectivity index (χ0n) is 13.6. The summed E-state index contributed by atoms with van der Waals surface area (Å²) in [6, 6.07) is 13.2. The van der Waals surface area contributed by atoms with Gasteiger partial charge < -0.3 is 9.88 Å². The first-order valence-corrected chi connectivity index (χ1v) is 9.02. The minimum atomic E-state index is -0.206. The third-order valence-electron chi connectivity index (χ3n) is 3.99. The molecule has 3 aromatic rings. The largest absolute Gasteiger partial charge is 0.346 e. The Morgan fingerprint density at radius 2 is 2.04 bits per heavy atom. The van der Waals surface area contributed by atoms with E-state index in [2.05, 4.69) is 12.2 Å². The van der Waals surface area contributed by atoms with Crippen LogP contribution in [0.25, 0.3) is 10.8 Å². The molecule has 5 heteroatoms. The molecule has 124 valence electrons. The van der Waals surface area contributed by atoms with E-state index in [-0.39, 0.29) is 11.5 Å². The number of carbonyl (C=O) groups is 1. The molecule has 0 unspecified atom stereocenters. The number of fused-ring (bicyclic) bond motifs is 1. The van der Waals surface area contributed by atoms with Gasteiger partial charge in [-0.05, 0) is 35.4 Å². The molecule has 2 aromatic heterocycles. The maximum atomic E-state index is 12.8. The van der Waals surface area contributed by atoms with Gasteiger partial charge in [0.05, 0.1) is 6.54 Å². The predicted octanol–water partition coefficient (Wildman–Crippen LogP) is 3.79. The van der Waals surface area contributed by atoms with Gasteiger partial charge in [-0.3, -0.25) is 9.59 Å². The molecule has 0 aliphatic rings. The summed E-state index contributed by atoms with van der Waals surface area (Å²) in [6.45, 7) is 3.11. The number of unbranched alkanes of at least 4 members (excludes halogenated alkanes) is 1. The van der Waals surface area contributed by atoms with Crippen molar-refractivity contribution in [3.05, 3.63) is 68.8 Å². The summed E-state index contributed by atoms with van der Waals surface area (Å²) in [6.07, 6.45) is 1.83. The molecule has 0 saturated heterocycles. The second-order valence-electron chi connectivity index (χ2n) is 5.69. The molecule has 24 heavy (non-hydrogen) atoms. The Bertz CT molecular complexity index is 897. The monoisotopic (exact) mass is 340 g/mol. The Morgan fingerprint density at radius 3 is 2.79 bits per heavy atom. The maximum Gasteiger partial charge on any atom is 0.268 e. The van der Waals surface area contributed by atoms with Gasteiger partial charge in [0, 0.05) is 16.8 Å². The molecule has 0 radical (unpaired) electrons. The van der Waals surface area contributed by atoms with Crippen LogP contribution in [0.4, 0.5) is 0 Å². The van der Waals surface area contributed by atoms with Gasteiger partial charge in [0.15, 0.2) is 0 Å². The first-order chi connectivity index (χ1) is 11.7. The van der Waals surface area contributed by atoms with Crippen molar-refractivity contribution >= 4 is 28.0 Å². The fraction of sp³-hybridized carbons (Fsp3) is 0.263. The molecule has 4 nitrogen and oxygen atoms in total. The van der Waals surface area contributed by atoms with Crippen LogP contribution in [0.5, 0.6) is 0 Å². The van der Waals surface area contributed by atoms with E-state index in [0.29, 0.717) is 24.2 Å². The normalized spacial score (nSPS) is 10.9. The lowest BCUT2D eigenvalue weighted by molar-refractivity contribution is 0.0940. The Morgan fingerprint density at radius 1 is 1.21 bits per heavy atom. The molecular weight excluding hydrogens is 320 g/mol. The molecule has 0 spiro atoms. The molecule has 1 aromatic carbocycles. The molecule has 2 heterocycles. The summed E-state index contributed by atoms with van der Waals surface area (Å²) in [5.41, 5.74) is 0.339. The molecule has 0 bridgehead atoms. The first-order valence-electron chi connectivity index (χ1n) is 8.14. The molecule has 1 N–H and O–H groups in total. The standard InChI is InChI=1S/C19H20N2O2S/c1-2-3-10-21-17(18(22)20-13-15-8-6-11-24-15)12-14-7-4-5-9-16(14)19(21)23/h4-9,11-12H,2-3,10,13H2,1H3,(H,20,22). The lowest BCUT2D eigenvalue weighted by Gasteiger charge is -2.14. The van der Waals surface area contributed by atoms with Gasteiger partial charge in [0.2, 0.25) is 0 Å². The summed E-state index contributed by atoms with van der Waals surface area (Å²) in [4.78, 5) is 26.5. The highest BCUT2D eigenvalue weighted by Gasteiger charge is 2.15. The summed E-state index contributed by atoms with van der Waals surface area (Å²) in [7, 11) is 0. The fourth-order valence-corrected chi connectivity index (χ4v) is 3.34. The SMILES string of the molecule is CCCCn1c(C(=O)NCc2cccs2)cc2ccccc2c1=O. The van der Waals surface area contributed by atoms with E-state index < -0.39 is 0 Å². The quantitative estimate of drug-likeness (QED) is 0.742. The van der Waals surface area contributed by atoms with Crippen molar-refractivity contribution in [2.24, 2.45) is 0 Å². The van der Waals surface area contributed by atoms with E-state index in [1.807, 2.05) is 47.8 Å². The third kappa shape index (κ3) is 3.41. The summed E-state index contributed by atoms with van der Waals surface area (Å²) >= 11 is 1.60. The van der Waals surface area contributed by atoms with Crippen LogP contribution in [0.3, 0.4) is 0 Å². The second kappa shape index (κ2) is 7.45. The van der Waals surface area contributed by atoms with Crippen molar-refractivity contribution in [3.63, 3.8) is 0 Å². The fourth-order valence-electron chi connectivity index (χ4n) is 2.70. The Hall–Kier alpha value is -2.40. The van der Waals surface area contributed by atoms with Crippen molar-refractivity contribution in [1.29, 1.82) is 0 Å². The van der Waals surface area contributed by atoms with E-state index in [0.717, 1.165) is 23.1 Å². The number of amides is 1. The molecule has 0 fully saturated rings. The number of benzene rings is 1. The highest BCUT2D eigenvalue weighted by atomic mass is 32.1. The average Bonchev–Trinajstić information content (AvgIpc) is 3.12. The number of aromatic nitrogens is 1. The van der Waals surface area contributed by atoms with Crippen LogP contribution < -0.4 is 10.9 Å². The van der Waals surface area contributed by atoms with Crippen LogP contribution in [0.15, 0.2) is 52.6 Å². The van der Waals surface area contributed by atoms with E-state index in [9.17, 15) is 9.59 Å². The van der Waals surface area contributed by atoms with Crippen LogP contribution in [0.2, 0.25) is 0 Å². The van der Waals surface area contributed by atoms with E-state index in [4.69, 9.17) is 0 Å². The number of nitrogens with zero attached hydrogens (tertiary/aromatic N) is 1. The predicted molar refractivity (Wildman–Crippen MR) is 98.6 cm³/mol.